The standard InChI is InChI=1S/C13H30N2O.H2/c1-5-9-15(4)10-7-12-16-11-6-8-14-13(2)3;/h13-14H,5-12H2,1-4H3;1H. The third-order valence-electron chi connectivity index (χ3n) is 2.45. The number of rotatable bonds is 11. The molecule has 0 saturated carbocycles. The van der Waals surface area contributed by atoms with Gasteiger partial charge >= 0.3 is 0 Å². The van der Waals surface area contributed by atoms with Crippen LogP contribution in [0, 0.1) is 0 Å². The van der Waals surface area contributed by atoms with E-state index in [1.54, 1.807) is 0 Å². The van der Waals surface area contributed by atoms with E-state index in [4.69, 9.17) is 4.74 Å². The largest absolute Gasteiger partial charge is 0.381 e. The van der Waals surface area contributed by atoms with Crippen LogP contribution in [-0.4, -0.2) is 50.8 Å². The number of hydrogen-bond acceptors (Lipinski definition) is 3. The molecule has 0 bridgehead atoms. The fraction of sp³-hybridized carbons (Fsp3) is 1.00. The molecule has 0 aliphatic carbocycles. The fourth-order valence-electron chi connectivity index (χ4n) is 1.60. The summed E-state index contributed by atoms with van der Waals surface area (Å²) in [5, 5.41) is 3.38. The summed E-state index contributed by atoms with van der Waals surface area (Å²) >= 11 is 0. The Labute approximate surface area is 103 Å². The quantitative estimate of drug-likeness (QED) is 0.554. The molecular formula is C13H32N2O. The second kappa shape index (κ2) is 11.4. The third-order valence-corrected chi connectivity index (χ3v) is 2.45. The van der Waals surface area contributed by atoms with Crippen molar-refractivity contribution in [3.63, 3.8) is 0 Å². The Balaban J connectivity index is 0. The maximum absolute atomic E-state index is 5.58. The van der Waals surface area contributed by atoms with Gasteiger partial charge < -0.3 is 15.0 Å². The summed E-state index contributed by atoms with van der Waals surface area (Å²) in [5.41, 5.74) is 0. The van der Waals surface area contributed by atoms with Gasteiger partial charge in [-0.1, -0.05) is 20.8 Å². The molecule has 0 rings (SSSR count). The van der Waals surface area contributed by atoms with Crippen LogP contribution in [0.3, 0.4) is 0 Å². The van der Waals surface area contributed by atoms with Crippen molar-refractivity contribution >= 4 is 0 Å². The topological polar surface area (TPSA) is 24.5 Å². The number of ether oxygens (including phenoxy) is 1. The van der Waals surface area contributed by atoms with Crippen LogP contribution in [0.1, 0.15) is 41.5 Å². The zero-order valence-electron chi connectivity index (χ0n) is 11.6. The first-order valence-electron chi connectivity index (χ1n) is 6.66. The van der Waals surface area contributed by atoms with E-state index in [9.17, 15) is 0 Å². The third kappa shape index (κ3) is 12.0. The Bertz CT molecular complexity index is 145. The molecule has 0 unspecified atom stereocenters. The van der Waals surface area contributed by atoms with E-state index >= 15 is 0 Å². The normalized spacial score (nSPS) is 11.6. The molecule has 1 N–H and O–H groups in total. The van der Waals surface area contributed by atoms with Crippen molar-refractivity contribution in [3.05, 3.63) is 0 Å². The minimum Gasteiger partial charge on any atom is -0.381 e. The summed E-state index contributed by atoms with van der Waals surface area (Å²) in [7, 11) is 2.18. The lowest BCUT2D eigenvalue weighted by atomic mass is 10.3. The Morgan fingerprint density at radius 2 is 1.88 bits per heavy atom. The smallest absolute Gasteiger partial charge is 0.0478 e. The highest BCUT2D eigenvalue weighted by molar-refractivity contribution is 4.52. The van der Waals surface area contributed by atoms with Crippen LogP contribution in [0.25, 0.3) is 0 Å². The number of nitrogens with zero attached hydrogens (tertiary/aromatic N) is 1. The van der Waals surface area contributed by atoms with Crippen molar-refractivity contribution in [2.45, 2.75) is 46.1 Å². The molecule has 0 saturated heterocycles. The van der Waals surface area contributed by atoms with Crippen LogP contribution in [0.15, 0.2) is 0 Å². The van der Waals surface area contributed by atoms with E-state index in [-0.39, 0.29) is 1.43 Å². The molecule has 0 atom stereocenters. The number of nitrogens with one attached hydrogen (secondary N) is 1. The monoisotopic (exact) mass is 232 g/mol. The minimum absolute atomic E-state index is 0. The van der Waals surface area contributed by atoms with Gasteiger partial charge in [0.1, 0.15) is 0 Å². The van der Waals surface area contributed by atoms with E-state index in [1.807, 2.05) is 0 Å². The molecule has 0 aromatic heterocycles. The Hall–Kier alpha value is -0.120. The van der Waals surface area contributed by atoms with Gasteiger partial charge in [-0.25, -0.2) is 0 Å². The van der Waals surface area contributed by atoms with Gasteiger partial charge in [-0.05, 0) is 39.4 Å². The summed E-state index contributed by atoms with van der Waals surface area (Å²) < 4.78 is 5.58. The lowest BCUT2D eigenvalue weighted by Crippen LogP contribution is -2.24. The molecule has 3 heteroatoms. The molecule has 0 aromatic rings. The summed E-state index contributed by atoms with van der Waals surface area (Å²) in [6, 6.07) is 0.586. The summed E-state index contributed by atoms with van der Waals surface area (Å²) in [6.45, 7) is 11.8. The van der Waals surface area contributed by atoms with Gasteiger partial charge in [0.05, 0.1) is 0 Å². The zero-order chi connectivity index (χ0) is 12.2. The average Bonchev–Trinajstić information content (AvgIpc) is 2.22. The van der Waals surface area contributed by atoms with E-state index in [0.717, 1.165) is 39.1 Å². The second-order valence-corrected chi connectivity index (χ2v) is 4.73. The van der Waals surface area contributed by atoms with Gasteiger partial charge in [0.2, 0.25) is 0 Å². The minimum atomic E-state index is 0. The van der Waals surface area contributed by atoms with Crippen molar-refractivity contribution in [1.29, 1.82) is 0 Å². The lowest BCUT2D eigenvalue weighted by molar-refractivity contribution is 0.121. The molecule has 0 fully saturated rings. The van der Waals surface area contributed by atoms with Crippen LogP contribution in [0.2, 0.25) is 0 Å². The van der Waals surface area contributed by atoms with Crippen LogP contribution in [-0.2, 0) is 4.74 Å². The van der Waals surface area contributed by atoms with E-state index in [2.05, 4.69) is 38.0 Å². The Kier molecular flexibility index (Phi) is 11.3. The van der Waals surface area contributed by atoms with Crippen LogP contribution in [0.5, 0.6) is 0 Å². The Morgan fingerprint density at radius 1 is 1.19 bits per heavy atom. The zero-order valence-corrected chi connectivity index (χ0v) is 11.6. The molecule has 16 heavy (non-hydrogen) atoms. The molecule has 0 aliphatic rings. The molecule has 100 valence electrons. The molecule has 0 amide bonds. The summed E-state index contributed by atoms with van der Waals surface area (Å²) in [6.07, 6.45) is 3.50. The predicted octanol–water partition coefficient (Wildman–Crippen LogP) is 2.37. The number of hydrogen-bond donors (Lipinski definition) is 1. The van der Waals surface area contributed by atoms with Crippen molar-refractivity contribution in [2.24, 2.45) is 0 Å². The molecule has 0 spiro atoms. The fourth-order valence-corrected chi connectivity index (χ4v) is 1.60. The summed E-state index contributed by atoms with van der Waals surface area (Å²) in [5.74, 6) is 0. The first-order valence-corrected chi connectivity index (χ1v) is 6.66. The van der Waals surface area contributed by atoms with Crippen molar-refractivity contribution < 1.29 is 6.16 Å². The van der Waals surface area contributed by atoms with Gasteiger partial charge in [-0.3, -0.25) is 0 Å². The molecule has 0 aromatic carbocycles. The predicted molar refractivity (Wildman–Crippen MR) is 73.1 cm³/mol. The van der Waals surface area contributed by atoms with Crippen LogP contribution in [0.4, 0.5) is 0 Å². The van der Waals surface area contributed by atoms with Crippen LogP contribution >= 0.6 is 0 Å². The van der Waals surface area contributed by atoms with E-state index in [1.165, 1.54) is 13.0 Å². The average molecular weight is 232 g/mol. The van der Waals surface area contributed by atoms with Gasteiger partial charge in [0.15, 0.2) is 0 Å². The first kappa shape index (κ1) is 15.9. The molecule has 0 heterocycles. The van der Waals surface area contributed by atoms with Gasteiger partial charge in [-0.2, -0.15) is 0 Å². The van der Waals surface area contributed by atoms with E-state index in [0.29, 0.717) is 6.04 Å². The van der Waals surface area contributed by atoms with Crippen molar-refractivity contribution in [1.82, 2.24) is 10.2 Å². The maximum Gasteiger partial charge on any atom is 0.0478 e. The lowest BCUT2D eigenvalue weighted by Gasteiger charge is -2.15. The van der Waals surface area contributed by atoms with E-state index < -0.39 is 0 Å². The van der Waals surface area contributed by atoms with Crippen molar-refractivity contribution in [2.75, 3.05) is 39.9 Å². The molecule has 3 nitrogen and oxygen atoms in total. The SMILES string of the molecule is CCCN(C)CCCOCCCNC(C)C.[HH]. The highest BCUT2D eigenvalue weighted by Crippen LogP contribution is 1.91. The summed E-state index contributed by atoms with van der Waals surface area (Å²) in [4.78, 5) is 2.36. The molecular weight excluding hydrogens is 200 g/mol. The van der Waals surface area contributed by atoms with Gasteiger partial charge in [0.25, 0.3) is 0 Å². The Morgan fingerprint density at radius 3 is 2.50 bits per heavy atom. The maximum atomic E-state index is 5.58. The molecule has 0 radical (unpaired) electrons. The highest BCUT2D eigenvalue weighted by atomic mass is 16.5. The van der Waals surface area contributed by atoms with Crippen LogP contribution < -0.4 is 5.32 Å². The second-order valence-electron chi connectivity index (χ2n) is 4.73. The van der Waals surface area contributed by atoms with Gasteiger partial charge in [-0.15, -0.1) is 0 Å². The highest BCUT2D eigenvalue weighted by Gasteiger charge is 1.96. The first-order chi connectivity index (χ1) is 7.66. The molecule has 0 aliphatic heterocycles. The van der Waals surface area contributed by atoms with Crippen molar-refractivity contribution in [3.8, 4) is 0 Å². The van der Waals surface area contributed by atoms with Gasteiger partial charge in [0, 0.05) is 27.2 Å².